The van der Waals surface area contributed by atoms with E-state index in [2.05, 4.69) is 11.1 Å². The zero-order chi connectivity index (χ0) is 13.0. The van der Waals surface area contributed by atoms with E-state index in [0.29, 0.717) is 24.3 Å². The minimum atomic E-state index is -0.129. The molecule has 18 heavy (non-hydrogen) atoms. The number of hydrogen-bond acceptors (Lipinski definition) is 4. The van der Waals surface area contributed by atoms with Gasteiger partial charge in [0.2, 0.25) is 0 Å². The van der Waals surface area contributed by atoms with Gasteiger partial charge < -0.3 is 4.90 Å². The molecule has 90 valence electrons. The molecule has 1 amide bonds. The summed E-state index contributed by atoms with van der Waals surface area (Å²) in [4.78, 5) is 17.8. The van der Waals surface area contributed by atoms with Crippen molar-refractivity contribution in [1.29, 1.82) is 10.5 Å². The molecule has 1 fully saturated rings. The number of carbonyl (C=O) groups is 1. The lowest BCUT2D eigenvalue weighted by Gasteiger charge is -2.28. The van der Waals surface area contributed by atoms with Crippen LogP contribution in [0.1, 0.15) is 28.9 Å². The molecule has 0 saturated carbocycles. The lowest BCUT2D eigenvalue weighted by Crippen LogP contribution is -2.38. The average Bonchev–Trinajstić information content (AvgIpc) is 2.47. The molecule has 5 nitrogen and oxygen atoms in total. The van der Waals surface area contributed by atoms with Crippen LogP contribution in [0.25, 0.3) is 0 Å². The molecule has 1 aromatic heterocycles. The number of amides is 1. The number of nitriles is 2. The van der Waals surface area contributed by atoms with Crippen molar-refractivity contribution in [2.75, 3.05) is 13.1 Å². The summed E-state index contributed by atoms with van der Waals surface area (Å²) < 4.78 is 0. The first-order valence-corrected chi connectivity index (χ1v) is 5.79. The molecular formula is C13H12N4O. The van der Waals surface area contributed by atoms with Crippen molar-refractivity contribution in [3.8, 4) is 12.1 Å². The zero-order valence-corrected chi connectivity index (χ0v) is 9.83. The van der Waals surface area contributed by atoms with Crippen molar-refractivity contribution >= 4 is 5.91 Å². The molecule has 5 heteroatoms. The molecular weight excluding hydrogens is 228 g/mol. The van der Waals surface area contributed by atoms with Crippen LogP contribution in [0.15, 0.2) is 18.3 Å². The molecule has 1 saturated heterocycles. The van der Waals surface area contributed by atoms with Crippen LogP contribution < -0.4 is 0 Å². The lowest BCUT2D eigenvalue weighted by molar-refractivity contribution is 0.0701. The van der Waals surface area contributed by atoms with Crippen molar-refractivity contribution in [2.24, 2.45) is 5.92 Å². The Hall–Kier alpha value is -2.40. The smallest absolute Gasteiger partial charge is 0.272 e. The van der Waals surface area contributed by atoms with Crippen molar-refractivity contribution in [3.63, 3.8) is 0 Å². The van der Waals surface area contributed by atoms with Gasteiger partial charge in [-0.2, -0.15) is 10.5 Å². The van der Waals surface area contributed by atoms with Crippen LogP contribution in [0, 0.1) is 28.6 Å². The fourth-order valence-electron chi connectivity index (χ4n) is 1.96. The van der Waals surface area contributed by atoms with Gasteiger partial charge in [-0.05, 0) is 25.0 Å². The molecule has 2 heterocycles. The number of likely N-dealkylation sites (tertiary alicyclic amines) is 1. The predicted molar refractivity (Wildman–Crippen MR) is 63.2 cm³/mol. The summed E-state index contributed by atoms with van der Waals surface area (Å²) >= 11 is 0. The summed E-state index contributed by atoms with van der Waals surface area (Å²) in [6, 6.07) is 7.34. The Morgan fingerprint density at radius 1 is 1.33 bits per heavy atom. The minimum Gasteiger partial charge on any atom is -0.337 e. The summed E-state index contributed by atoms with van der Waals surface area (Å²) in [5, 5.41) is 17.5. The largest absolute Gasteiger partial charge is 0.337 e. The molecule has 0 unspecified atom stereocenters. The number of carbonyl (C=O) groups excluding carboxylic acids is 1. The van der Waals surface area contributed by atoms with Crippen molar-refractivity contribution < 1.29 is 4.79 Å². The molecule has 0 aliphatic carbocycles. The normalized spacial score (nSPS) is 15.8. The molecule has 1 aromatic rings. The van der Waals surface area contributed by atoms with E-state index in [4.69, 9.17) is 10.5 Å². The van der Waals surface area contributed by atoms with Gasteiger partial charge in [-0.1, -0.05) is 0 Å². The number of hydrogen-bond donors (Lipinski definition) is 0. The lowest BCUT2D eigenvalue weighted by atomic mass is 9.98. The molecule has 0 atom stereocenters. The molecule has 0 N–H and O–H groups in total. The van der Waals surface area contributed by atoms with Gasteiger partial charge in [-0.25, -0.2) is 4.98 Å². The topological polar surface area (TPSA) is 80.8 Å². The van der Waals surface area contributed by atoms with Crippen molar-refractivity contribution in [1.82, 2.24) is 9.88 Å². The highest BCUT2D eigenvalue weighted by atomic mass is 16.2. The van der Waals surface area contributed by atoms with Gasteiger partial charge in [0, 0.05) is 25.2 Å². The van der Waals surface area contributed by atoms with E-state index in [1.165, 1.54) is 6.20 Å². The Morgan fingerprint density at radius 2 is 2.06 bits per heavy atom. The fourth-order valence-corrected chi connectivity index (χ4v) is 1.96. The molecule has 2 rings (SSSR count). The summed E-state index contributed by atoms with van der Waals surface area (Å²) in [6.45, 7) is 1.19. The zero-order valence-electron chi connectivity index (χ0n) is 9.83. The second kappa shape index (κ2) is 5.29. The standard InChI is InChI=1S/C13H12N4O/c14-7-10-3-5-17(6-4-10)13(18)12-2-1-11(8-15)9-16-12/h1-2,9-10H,3-6H2. The second-order valence-corrected chi connectivity index (χ2v) is 4.24. The van der Waals surface area contributed by atoms with Crippen LogP contribution in [0.2, 0.25) is 0 Å². The second-order valence-electron chi connectivity index (χ2n) is 4.24. The van der Waals surface area contributed by atoms with Crippen LogP contribution in [0.3, 0.4) is 0 Å². The highest BCUT2D eigenvalue weighted by molar-refractivity contribution is 5.92. The Bertz CT molecular complexity index is 515. The third-order valence-electron chi connectivity index (χ3n) is 3.08. The number of piperidine rings is 1. The quantitative estimate of drug-likeness (QED) is 0.741. The number of nitrogens with zero attached hydrogens (tertiary/aromatic N) is 4. The molecule has 0 bridgehead atoms. The number of pyridine rings is 1. The monoisotopic (exact) mass is 240 g/mol. The average molecular weight is 240 g/mol. The first kappa shape index (κ1) is 12.1. The maximum atomic E-state index is 12.1. The Kier molecular flexibility index (Phi) is 3.54. The van der Waals surface area contributed by atoms with Crippen LogP contribution in [-0.4, -0.2) is 28.9 Å². The highest BCUT2D eigenvalue weighted by Gasteiger charge is 2.23. The molecule has 0 spiro atoms. The Balaban J connectivity index is 2.04. The van der Waals surface area contributed by atoms with E-state index in [-0.39, 0.29) is 11.8 Å². The molecule has 0 radical (unpaired) electrons. The van der Waals surface area contributed by atoms with Crippen LogP contribution in [-0.2, 0) is 0 Å². The number of rotatable bonds is 1. The Morgan fingerprint density at radius 3 is 2.56 bits per heavy atom. The maximum absolute atomic E-state index is 12.1. The van der Waals surface area contributed by atoms with Crippen LogP contribution >= 0.6 is 0 Å². The SMILES string of the molecule is N#Cc1ccc(C(=O)N2CCC(C#N)CC2)nc1. The third kappa shape index (κ3) is 2.46. The van der Waals surface area contributed by atoms with Gasteiger partial charge in [0.15, 0.2) is 0 Å². The van der Waals surface area contributed by atoms with Crippen molar-refractivity contribution in [2.45, 2.75) is 12.8 Å². The molecule has 0 aromatic carbocycles. The van der Waals surface area contributed by atoms with Gasteiger partial charge in [-0.15, -0.1) is 0 Å². The molecule has 1 aliphatic rings. The van der Waals surface area contributed by atoms with Gasteiger partial charge >= 0.3 is 0 Å². The highest BCUT2D eigenvalue weighted by Crippen LogP contribution is 2.17. The third-order valence-corrected chi connectivity index (χ3v) is 3.08. The Labute approximate surface area is 105 Å². The van der Waals surface area contributed by atoms with E-state index < -0.39 is 0 Å². The van der Waals surface area contributed by atoms with Crippen LogP contribution in [0.5, 0.6) is 0 Å². The van der Waals surface area contributed by atoms with Crippen molar-refractivity contribution in [3.05, 3.63) is 29.6 Å². The predicted octanol–water partition coefficient (Wildman–Crippen LogP) is 1.33. The van der Waals surface area contributed by atoms with Gasteiger partial charge in [0.25, 0.3) is 5.91 Å². The van der Waals surface area contributed by atoms with Gasteiger partial charge in [0.05, 0.1) is 11.6 Å². The number of aromatic nitrogens is 1. The maximum Gasteiger partial charge on any atom is 0.272 e. The summed E-state index contributed by atoms with van der Waals surface area (Å²) in [7, 11) is 0. The fraction of sp³-hybridized carbons (Fsp3) is 0.385. The van der Waals surface area contributed by atoms with E-state index in [9.17, 15) is 4.79 Å². The molecule has 1 aliphatic heterocycles. The van der Waals surface area contributed by atoms with Gasteiger partial charge in [-0.3, -0.25) is 4.79 Å². The van der Waals surface area contributed by atoms with Gasteiger partial charge in [0.1, 0.15) is 11.8 Å². The van der Waals surface area contributed by atoms with Crippen LogP contribution in [0.4, 0.5) is 0 Å². The first-order valence-electron chi connectivity index (χ1n) is 5.79. The minimum absolute atomic E-state index is 0.0583. The first-order chi connectivity index (χ1) is 8.74. The van der Waals surface area contributed by atoms with E-state index >= 15 is 0 Å². The van der Waals surface area contributed by atoms with E-state index in [1.807, 2.05) is 6.07 Å². The van der Waals surface area contributed by atoms with E-state index in [1.54, 1.807) is 17.0 Å². The van der Waals surface area contributed by atoms with E-state index in [0.717, 1.165) is 12.8 Å². The summed E-state index contributed by atoms with van der Waals surface area (Å²) in [6.07, 6.45) is 2.84. The summed E-state index contributed by atoms with van der Waals surface area (Å²) in [5.41, 5.74) is 0.791. The summed E-state index contributed by atoms with van der Waals surface area (Å²) in [5.74, 6) is -0.0705.